The summed E-state index contributed by atoms with van der Waals surface area (Å²) in [6.07, 6.45) is 4.74. The van der Waals surface area contributed by atoms with Crippen LogP contribution in [-0.2, 0) is 4.79 Å². The van der Waals surface area contributed by atoms with Crippen molar-refractivity contribution < 1.29 is 4.79 Å². The highest BCUT2D eigenvalue weighted by Crippen LogP contribution is 2.16. The second kappa shape index (κ2) is 4.09. The quantitative estimate of drug-likeness (QED) is 0.644. The molecule has 1 atom stereocenters. The van der Waals surface area contributed by atoms with Gasteiger partial charge in [-0.1, -0.05) is 0 Å². The van der Waals surface area contributed by atoms with Crippen molar-refractivity contribution in [3.05, 3.63) is 0 Å². The van der Waals surface area contributed by atoms with Gasteiger partial charge in [0.1, 0.15) is 0 Å². The molecule has 1 N–H and O–H groups in total. The summed E-state index contributed by atoms with van der Waals surface area (Å²) in [5, 5.41) is 3.24. The number of likely N-dealkylation sites (tertiary alicyclic amines) is 1. The van der Waals surface area contributed by atoms with Gasteiger partial charge in [0.05, 0.1) is 5.92 Å². The van der Waals surface area contributed by atoms with Crippen LogP contribution in [0.25, 0.3) is 0 Å². The van der Waals surface area contributed by atoms with Crippen molar-refractivity contribution in [2.75, 3.05) is 26.2 Å². The highest BCUT2D eigenvalue weighted by Gasteiger charge is 2.27. The first kappa shape index (κ1) is 9.00. The molecule has 2 aliphatic rings. The van der Waals surface area contributed by atoms with E-state index in [0.29, 0.717) is 5.91 Å². The van der Waals surface area contributed by atoms with Crippen molar-refractivity contribution in [3.63, 3.8) is 0 Å². The molecule has 0 aromatic heterocycles. The molecule has 3 heteroatoms. The maximum absolute atomic E-state index is 11.9. The van der Waals surface area contributed by atoms with Crippen molar-refractivity contribution in [1.29, 1.82) is 0 Å². The SMILES string of the molecule is O=C(C1CCNC1)N1CCCCC1. The molecule has 0 radical (unpaired) electrons. The Morgan fingerprint density at radius 3 is 2.62 bits per heavy atom. The third-order valence-corrected chi connectivity index (χ3v) is 3.08. The summed E-state index contributed by atoms with van der Waals surface area (Å²) in [6, 6.07) is 0. The van der Waals surface area contributed by atoms with E-state index in [1.165, 1.54) is 19.3 Å². The van der Waals surface area contributed by atoms with Crippen LogP contribution in [0.1, 0.15) is 25.7 Å². The van der Waals surface area contributed by atoms with E-state index in [0.717, 1.165) is 32.6 Å². The zero-order chi connectivity index (χ0) is 9.10. The smallest absolute Gasteiger partial charge is 0.227 e. The lowest BCUT2D eigenvalue weighted by atomic mass is 10.0. The minimum Gasteiger partial charge on any atom is -0.342 e. The van der Waals surface area contributed by atoms with Gasteiger partial charge in [0, 0.05) is 19.6 Å². The lowest BCUT2D eigenvalue weighted by Gasteiger charge is -2.28. The topological polar surface area (TPSA) is 32.3 Å². The van der Waals surface area contributed by atoms with Gasteiger partial charge in [-0.2, -0.15) is 0 Å². The number of hydrogen-bond donors (Lipinski definition) is 1. The zero-order valence-corrected chi connectivity index (χ0v) is 8.09. The molecule has 2 heterocycles. The summed E-state index contributed by atoms with van der Waals surface area (Å²) in [5.41, 5.74) is 0. The zero-order valence-electron chi connectivity index (χ0n) is 8.09. The van der Waals surface area contributed by atoms with Crippen LogP contribution in [0.15, 0.2) is 0 Å². The molecule has 2 fully saturated rings. The minimum atomic E-state index is 0.276. The largest absolute Gasteiger partial charge is 0.342 e. The maximum atomic E-state index is 11.9. The molecule has 2 aliphatic heterocycles. The van der Waals surface area contributed by atoms with E-state index in [4.69, 9.17) is 0 Å². The molecule has 74 valence electrons. The molecule has 1 unspecified atom stereocenters. The van der Waals surface area contributed by atoms with Crippen LogP contribution >= 0.6 is 0 Å². The number of piperidine rings is 1. The first-order valence-electron chi connectivity index (χ1n) is 5.37. The fraction of sp³-hybridized carbons (Fsp3) is 0.900. The molecule has 2 saturated heterocycles. The van der Waals surface area contributed by atoms with E-state index in [1.54, 1.807) is 0 Å². The van der Waals surface area contributed by atoms with Crippen molar-refractivity contribution in [3.8, 4) is 0 Å². The predicted octanol–water partition coefficient (Wildman–Crippen LogP) is 0.608. The Labute approximate surface area is 79.5 Å². The average molecular weight is 182 g/mol. The van der Waals surface area contributed by atoms with Gasteiger partial charge in [-0.3, -0.25) is 4.79 Å². The Balaban J connectivity index is 1.87. The third-order valence-electron chi connectivity index (χ3n) is 3.08. The predicted molar refractivity (Wildman–Crippen MR) is 51.4 cm³/mol. The van der Waals surface area contributed by atoms with Gasteiger partial charge in [0.25, 0.3) is 0 Å². The molecule has 2 rings (SSSR count). The van der Waals surface area contributed by atoms with Crippen LogP contribution in [0.3, 0.4) is 0 Å². The number of carbonyl (C=O) groups is 1. The lowest BCUT2D eigenvalue weighted by molar-refractivity contribution is -0.135. The van der Waals surface area contributed by atoms with Crippen LogP contribution in [-0.4, -0.2) is 37.0 Å². The van der Waals surface area contributed by atoms with E-state index in [9.17, 15) is 4.79 Å². The van der Waals surface area contributed by atoms with Crippen molar-refractivity contribution >= 4 is 5.91 Å². The molecule has 3 nitrogen and oxygen atoms in total. The molecule has 0 bridgehead atoms. The Hall–Kier alpha value is -0.570. The highest BCUT2D eigenvalue weighted by atomic mass is 16.2. The average Bonchev–Trinajstić information content (AvgIpc) is 2.71. The summed E-state index contributed by atoms with van der Waals surface area (Å²) in [5.74, 6) is 0.669. The third kappa shape index (κ3) is 2.02. The second-order valence-corrected chi connectivity index (χ2v) is 4.08. The fourth-order valence-electron chi connectivity index (χ4n) is 2.24. The summed E-state index contributed by atoms with van der Waals surface area (Å²) >= 11 is 0. The van der Waals surface area contributed by atoms with Gasteiger partial charge in [0.2, 0.25) is 5.91 Å². The van der Waals surface area contributed by atoms with Crippen molar-refractivity contribution in [2.24, 2.45) is 5.92 Å². The molecule has 0 saturated carbocycles. The monoisotopic (exact) mass is 182 g/mol. The fourth-order valence-corrected chi connectivity index (χ4v) is 2.24. The summed E-state index contributed by atoms with van der Waals surface area (Å²) in [7, 11) is 0. The van der Waals surface area contributed by atoms with E-state index < -0.39 is 0 Å². The van der Waals surface area contributed by atoms with Gasteiger partial charge in [-0.05, 0) is 32.2 Å². The summed E-state index contributed by atoms with van der Waals surface area (Å²) in [4.78, 5) is 13.9. The molecule has 0 aromatic carbocycles. The van der Waals surface area contributed by atoms with Crippen molar-refractivity contribution in [2.45, 2.75) is 25.7 Å². The van der Waals surface area contributed by atoms with Crippen molar-refractivity contribution in [1.82, 2.24) is 10.2 Å². The lowest BCUT2D eigenvalue weighted by Crippen LogP contribution is -2.40. The number of nitrogens with one attached hydrogen (secondary N) is 1. The van der Waals surface area contributed by atoms with Gasteiger partial charge in [-0.15, -0.1) is 0 Å². The maximum Gasteiger partial charge on any atom is 0.227 e. The standard InChI is InChI=1S/C10H18N2O/c13-10(9-4-5-11-8-9)12-6-2-1-3-7-12/h9,11H,1-8H2. The number of nitrogens with zero attached hydrogens (tertiary/aromatic N) is 1. The Bertz CT molecular complexity index is 181. The molecular formula is C10H18N2O. The second-order valence-electron chi connectivity index (χ2n) is 4.08. The van der Waals surface area contributed by atoms with E-state index in [2.05, 4.69) is 10.2 Å². The van der Waals surface area contributed by atoms with Gasteiger partial charge in [0.15, 0.2) is 0 Å². The Morgan fingerprint density at radius 1 is 1.23 bits per heavy atom. The minimum absolute atomic E-state index is 0.276. The first-order chi connectivity index (χ1) is 6.38. The van der Waals surface area contributed by atoms with E-state index in [1.807, 2.05) is 0 Å². The molecular weight excluding hydrogens is 164 g/mol. The normalized spacial score (nSPS) is 29.2. The number of carbonyl (C=O) groups excluding carboxylic acids is 1. The molecule has 0 aromatic rings. The van der Waals surface area contributed by atoms with Gasteiger partial charge in [-0.25, -0.2) is 0 Å². The number of rotatable bonds is 1. The molecule has 13 heavy (non-hydrogen) atoms. The number of hydrogen-bond acceptors (Lipinski definition) is 2. The molecule has 0 aliphatic carbocycles. The van der Waals surface area contributed by atoms with Crippen LogP contribution < -0.4 is 5.32 Å². The van der Waals surface area contributed by atoms with Crippen LogP contribution in [0, 0.1) is 5.92 Å². The van der Waals surface area contributed by atoms with E-state index >= 15 is 0 Å². The Morgan fingerprint density at radius 2 is 2.00 bits per heavy atom. The van der Waals surface area contributed by atoms with Gasteiger partial charge >= 0.3 is 0 Å². The van der Waals surface area contributed by atoms with Crippen LogP contribution in [0.2, 0.25) is 0 Å². The summed E-state index contributed by atoms with van der Waals surface area (Å²) < 4.78 is 0. The highest BCUT2D eigenvalue weighted by molar-refractivity contribution is 5.79. The van der Waals surface area contributed by atoms with E-state index in [-0.39, 0.29) is 5.92 Å². The number of amides is 1. The molecule has 1 amide bonds. The van der Waals surface area contributed by atoms with Gasteiger partial charge < -0.3 is 10.2 Å². The summed E-state index contributed by atoms with van der Waals surface area (Å²) in [6.45, 7) is 3.91. The van der Waals surface area contributed by atoms with Crippen LogP contribution in [0.5, 0.6) is 0 Å². The Kier molecular flexibility index (Phi) is 2.83. The van der Waals surface area contributed by atoms with Crippen LogP contribution in [0.4, 0.5) is 0 Å². The molecule has 0 spiro atoms. The first-order valence-corrected chi connectivity index (χ1v) is 5.37.